The van der Waals surface area contributed by atoms with Gasteiger partial charge in [0.25, 0.3) is 0 Å². The average Bonchev–Trinajstić information content (AvgIpc) is 2.88. The summed E-state index contributed by atoms with van der Waals surface area (Å²) < 4.78 is 77.8. The monoisotopic (exact) mass is 347 g/mol. The summed E-state index contributed by atoms with van der Waals surface area (Å²) in [6.45, 7) is 0. The normalized spacial score (nSPS) is 12.6. The second-order valence-corrected chi connectivity index (χ2v) is 4.74. The molecular formula is C14H7F6N3O. The summed E-state index contributed by atoms with van der Waals surface area (Å²) in [6.07, 6.45) is -8.40. The molecule has 0 aliphatic rings. The number of H-pyrrole nitrogens is 1. The Morgan fingerprint density at radius 1 is 0.958 bits per heavy atom. The van der Waals surface area contributed by atoms with Crippen molar-refractivity contribution in [1.29, 1.82) is 0 Å². The third-order valence-corrected chi connectivity index (χ3v) is 3.01. The smallest absolute Gasteiger partial charge is 0.406 e. The lowest BCUT2D eigenvalue weighted by Crippen LogP contribution is -2.16. The van der Waals surface area contributed by atoms with Crippen LogP contribution in [-0.2, 0) is 6.18 Å². The van der Waals surface area contributed by atoms with E-state index in [1.165, 1.54) is 12.1 Å². The molecule has 24 heavy (non-hydrogen) atoms. The highest BCUT2D eigenvalue weighted by atomic mass is 19.4. The van der Waals surface area contributed by atoms with Crippen LogP contribution < -0.4 is 4.74 Å². The van der Waals surface area contributed by atoms with E-state index >= 15 is 0 Å². The van der Waals surface area contributed by atoms with Crippen molar-refractivity contribution in [2.75, 3.05) is 0 Å². The third-order valence-electron chi connectivity index (χ3n) is 3.01. The number of imidazole rings is 1. The summed E-state index contributed by atoms with van der Waals surface area (Å²) in [6, 6.07) is 5.44. The number of nitrogens with one attached hydrogen (secondary N) is 1. The number of pyridine rings is 1. The van der Waals surface area contributed by atoms with Crippen LogP contribution in [0.2, 0.25) is 0 Å². The molecule has 0 unspecified atom stereocenters. The Kier molecular flexibility index (Phi) is 3.61. The highest BCUT2D eigenvalue weighted by molar-refractivity contribution is 5.80. The van der Waals surface area contributed by atoms with Gasteiger partial charge in [-0.1, -0.05) is 0 Å². The number of rotatable bonds is 2. The summed E-state index contributed by atoms with van der Waals surface area (Å²) in [4.78, 5) is 10.1. The number of ether oxygens (including phenoxy) is 1. The summed E-state index contributed by atoms with van der Waals surface area (Å²) in [5.41, 5.74) is -0.216. The van der Waals surface area contributed by atoms with Gasteiger partial charge in [-0.15, -0.1) is 13.2 Å². The molecule has 0 aliphatic carbocycles. The van der Waals surface area contributed by atoms with E-state index in [0.717, 1.165) is 24.4 Å². The number of benzene rings is 1. The first kappa shape index (κ1) is 16.1. The fraction of sp³-hybridized carbons (Fsp3) is 0.143. The molecule has 0 aliphatic heterocycles. The molecule has 0 spiro atoms. The minimum absolute atomic E-state index is 0.176. The van der Waals surface area contributed by atoms with Crippen LogP contribution in [0.4, 0.5) is 26.3 Å². The van der Waals surface area contributed by atoms with Gasteiger partial charge in [-0.25, -0.2) is 4.98 Å². The minimum Gasteiger partial charge on any atom is -0.406 e. The Hall–Kier alpha value is -2.78. The Morgan fingerprint density at radius 2 is 1.71 bits per heavy atom. The van der Waals surface area contributed by atoms with Crippen molar-refractivity contribution in [3.8, 4) is 17.1 Å². The number of nitrogens with zero attached hydrogens (tertiary/aromatic N) is 2. The van der Waals surface area contributed by atoms with Crippen LogP contribution in [0.5, 0.6) is 5.75 Å². The molecule has 1 N–H and O–H groups in total. The van der Waals surface area contributed by atoms with Gasteiger partial charge in [0.1, 0.15) is 17.3 Å². The maximum absolute atomic E-state index is 12.5. The van der Waals surface area contributed by atoms with Gasteiger partial charge < -0.3 is 9.72 Å². The highest BCUT2D eigenvalue weighted by Crippen LogP contribution is 2.30. The van der Waals surface area contributed by atoms with Gasteiger partial charge in [0, 0.05) is 17.8 Å². The van der Waals surface area contributed by atoms with E-state index in [2.05, 4.69) is 19.7 Å². The molecule has 2 heterocycles. The molecule has 0 amide bonds. The van der Waals surface area contributed by atoms with Crippen molar-refractivity contribution in [2.45, 2.75) is 12.5 Å². The van der Waals surface area contributed by atoms with Gasteiger partial charge in [0.2, 0.25) is 0 Å². The van der Waals surface area contributed by atoms with E-state index in [1.807, 2.05) is 0 Å². The fourth-order valence-electron chi connectivity index (χ4n) is 2.02. The molecular weight excluding hydrogens is 340 g/mol. The maximum Gasteiger partial charge on any atom is 0.573 e. The lowest BCUT2D eigenvalue weighted by Gasteiger charge is -2.07. The second-order valence-electron chi connectivity index (χ2n) is 4.74. The Bertz CT molecular complexity index is 867. The van der Waals surface area contributed by atoms with Crippen LogP contribution in [0.25, 0.3) is 22.4 Å². The predicted octanol–water partition coefficient (Wildman–Crippen LogP) is 4.54. The van der Waals surface area contributed by atoms with Crippen molar-refractivity contribution in [3.63, 3.8) is 0 Å². The Balaban J connectivity index is 1.93. The Labute approximate surface area is 130 Å². The van der Waals surface area contributed by atoms with E-state index in [4.69, 9.17) is 0 Å². The topological polar surface area (TPSA) is 50.8 Å². The first-order valence-electron chi connectivity index (χ1n) is 6.41. The number of alkyl halides is 6. The molecule has 1 aromatic carbocycles. The van der Waals surface area contributed by atoms with E-state index in [-0.39, 0.29) is 16.9 Å². The Morgan fingerprint density at radius 3 is 2.29 bits per heavy atom. The maximum atomic E-state index is 12.5. The third kappa shape index (κ3) is 3.42. The zero-order valence-corrected chi connectivity index (χ0v) is 11.5. The zero-order valence-electron chi connectivity index (χ0n) is 11.5. The van der Waals surface area contributed by atoms with E-state index in [0.29, 0.717) is 5.52 Å². The highest BCUT2D eigenvalue weighted by Gasteiger charge is 2.32. The van der Waals surface area contributed by atoms with Gasteiger partial charge in [-0.05, 0) is 24.3 Å². The summed E-state index contributed by atoms with van der Waals surface area (Å²) in [5, 5.41) is 0. The number of aromatic amines is 1. The fourth-order valence-corrected chi connectivity index (χ4v) is 2.02. The number of hydrogen-bond acceptors (Lipinski definition) is 3. The van der Waals surface area contributed by atoms with Gasteiger partial charge in [0.05, 0.1) is 11.0 Å². The summed E-state index contributed by atoms with van der Waals surface area (Å²) in [5.74, 6) is -0.258. The van der Waals surface area contributed by atoms with Crippen molar-refractivity contribution in [2.24, 2.45) is 0 Å². The molecule has 0 atom stereocenters. The number of aromatic nitrogens is 3. The van der Waals surface area contributed by atoms with Crippen LogP contribution >= 0.6 is 0 Å². The van der Waals surface area contributed by atoms with E-state index in [9.17, 15) is 26.3 Å². The van der Waals surface area contributed by atoms with Gasteiger partial charge in [-0.3, -0.25) is 4.98 Å². The van der Waals surface area contributed by atoms with Crippen molar-refractivity contribution >= 4 is 11.0 Å². The van der Waals surface area contributed by atoms with Gasteiger partial charge in [-0.2, -0.15) is 13.2 Å². The van der Waals surface area contributed by atoms with Crippen LogP contribution in [0.1, 0.15) is 5.69 Å². The lowest BCUT2D eigenvalue weighted by atomic mass is 10.2. The zero-order chi connectivity index (χ0) is 17.5. The minimum atomic E-state index is -4.83. The molecule has 0 bridgehead atoms. The van der Waals surface area contributed by atoms with Crippen LogP contribution in [0.3, 0.4) is 0 Å². The first-order valence-corrected chi connectivity index (χ1v) is 6.41. The number of hydrogen-bond donors (Lipinski definition) is 1. The van der Waals surface area contributed by atoms with Crippen molar-refractivity contribution in [3.05, 3.63) is 42.2 Å². The standard InChI is InChI=1S/C14H7F6N3O/c15-13(16,17)11-4-1-7(6-21-11)12-22-9-3-2-8(5-10(9)23-12)24-14(18,19)20/h1-6H,(H,22,23). The van der Waals surface area contributed by atoms with Crippen LogP contribution in [-0.4, -0.2) is 21.3 Å². The molecule has 3 rings (SSSR count). The number of fused-ring (bicyclic) bond motifs is 1. The lowest BCUT2D eigenvalue weighted by molar-refractivity contribution is -0.274. The second kappa shape index (κ2) is 5.39. The van der Waals surface area contributed by atoms with E-state index in [1.54, 1.807) is 0 Å². The van der Waals surface area contributed by atoms with Crippen LogP contribution in [0, 0.1) is 0 Å². The van der Waals surface area contributed by atoms with Crippen LogP contribution in [0.15, 0.2) is 36.5 Å². The first-order chi connectivity index (χ1) is 11.1. The molecule has 2 aromatic heterocycles. The van der Waals surface area contributed by atoms with Crippen molar-refractivity contribution < 1.29 is 31.1 Å². The molecule has 0 saturated carbocycles. The molecule has 3 aromatic rings. The molecule has 0 radical (unpaired) electrons. The molecule has 0 saturated heterocycles. The van der Waals surface area contributed by atoms with E-state index < -0.39 is 24.0 Å². The molecule has 4 nitrogen and oxygen atoms in total. The van der Waals surface area contributed by atoms with Gasteiger partial charge >= 0.3 is 12.5 Å². The van der Waals surface area contributed by atoms with Crippen molar-refractivity contribution in [1.82, 2.24) is 15.0 Å². The SMILES string of the molecule is FC(F)(F)Oc1ccc2nc(-c3ccc(C(F)(F)F)nc3)[nH]c2c1. The quantitative estimate of drug-likeness (QED) is 0.693. The largest absolute Gasteiger partial charge is 0.573 e. The molecule has 0 fully saturated rings. The summed E-state index contributed by atoms with van der Waals surface area (Å²) in [7, 11) is 0. The van der Waals surface area contributed by atoms with Gasteiger partial charge in [0.15, 0.2) is 0 Å². The summed E-state index contributed by atoms with van der Waals surface area (Å²) >= 11 is 0. The average molecular weight is 347 g/mol. The number of halogens is 6. The molecule has 10 heteroatoms. The molecule has 126 valence electrons. The predicted molar refractivity (Wildman–Crippen MR) is 71.0 cm³/mol.